The Bertz CT molecular complexity index is 948. The lowest BCUT2D eigenvalue weighted by Gasteiger charge is -2.34. The fraction of sp³-hybridized carbons (Fsp3) is 0.421. The third-order valence-corrected chi connectivity index (χ3v) is 6.17. The van der Waals surface area contributed by atoms with E-state index >= 15 is 0 Å². The average molecular weight is 382 g/mol. The van der Waals surface area contributed by atoms with E-state index in [1.807, 2.05) is 17.2 Å². The molecule has 2 aliphatic rings. The summed E-state index contributed by atoms with van der Waals surface area (Å²) in [6.45, 7) is 5.74. The Kier molecular flexibility index (Phi) is 4.29. The number of nitrogens with one attached hydrogen (secondary N) is 1. The predicted octanol–water partition coefficient (Wildman–Crippen LogP) is 1.60. The molecule has 1 amide bonds. The number of aromatic nitrogens is 3. The van der Waals surface area contributed by atoms with Crippen LogP contribution in [0.3, 0.4) is 0 Å². The summed E-state index contributed by atoms with van der Waals surface area (Å²) in [5.41, 5.74) is 0.583. The van der Waals surface area contributed by atoms with Gasteiger partial charge in [0.05, 0.1) is 4.70 Å². The Morgan fingerprint density at radius 2 is 1.93 bits per heavy atom. The van der Waals surface area contributed by atoms with Crippen LogP contribution in [0.15, 0.2) is 30.5 Å². The highest BCUT2D eigenvalue weighted by Gasteiger charge is 2.26. The van der Waals surface area contributed by atoms with Gasteiger partial charge in [-0.15, -0.1) is 0 Å². The second kappa shape index (κ2) is 6.94. The van der Waals surface area contributed by atoms with Gasteiger partial charge < -0.3 is 19.7 Å². The van der Waals surface area contributed by atoms with Crippen molar-refractivity contribution in [2.24, 2.45) is 0 Å². The van der Waals surface area contributed by atoms with Crippen molar-refractivity contribution in [1.82, 2.24) is 24.1 Å². The van der Waals surface area contributed by atoms with Crippen LogP contribution in [-0.4, -0.2) is 64.0 Å². The Balaban J connectivity index is 1.28. The number of rotatable bonds is 2. The van der Waals surface area contributed by atoms with Crippen molar-refractivity contribution >= 4 is 33.3 Å². The van der Waals surface area contributed by atoms with Gasteiger partial charge in [-0.3, -0.25) is 4.79 Å². The van der Waals surface area contributed by atoms with Crippen molar-refractivity contribution in [1.29, 1.82) is 0 Å². The molecule has 0 spiro atoms. The third-order valence-electron chi connectivity index (χ3n) is 5.36. The number of carbonyl (C=O) groups is 1. The molecular weight excluding hydrogens is 360 g/mol. The van der Waals surface area contributed by atoms with Crippen molar-refractivity contribution in [2.75, 3.05) is 44.2 Å². The average Bonchev–Trinajstić information content (AvgIpc) is 3.26. The van der Waals surface area contributed by atoms with Crippen molar-refractivity contribution < 1.29 is 4.79 Å². The van der Waals surface area contributed by atoms with E-state index in [1.165, 1.54) is 21.6 Å². The molecule has 8 heteroatoms. The van der Waals surface area contributed by atoms with Gasteiger partial charge in [0, 0.05) is 63.8 Å². The molecule has 2 aliphatic heterocycles. The molecule has 2 aromatic heterocycles. The van der Waals surface area contributed by atoms with Crippen LogP contribution in [0.2, 0.25) is 0 Å². The first-order chi connectivity index (χ1) is 13.3. The van der Waals surface area contributed by atoms with Gasteiger partial charge in [0.1, 0.15) is 17.3 Å². The second-order valence-electron chi connectivity index (χ2n) is 7.02. The van der Waals surface area contributed by atoms with Gasteiger partial charge >= 0.3 is 0 Å². The molecule has 0 unspecified atom stereocenters. The van der Waals surface area contributed by atoms with E-state index < -0.39 is 0 Å². The molecule has 4 heterocycles. The molecule has 0 radical (unpaired) electrons. The van der Waals surface area contributed by atoms with E-state index in [9.17, 15) is 4.79 Å². The van der Waals surface area contributed by atoms with E-state index in [2.05, 4.69) is 42.3 Å². The number of piperazine rings is 1. The summed E-state index contributed by atoms with van der Waals surface area (Å²) in [7, 11) is 0. The van der Waals surface area contributed by atoms with Crippen LogP contribution in [0, 0.1) is 0 Å². The number of nitrogens with zero attached hydrogens (tertiary/aromatic N) is 5. The Morgan fingerprint density at radius 1 is 1.07 bits per heavy atom. The largest absolute Gasteiger partial charge is 0.352 e. The van der Waals surface area contributed by atoms with Gasteiger partial charge in [-0.2, -0.15) is 4.37 Å². The first-order valence-electron chi connectivity index (χ1n) is 9.45. The van der Waals surface area contributed by atoms with Crippen LogP contribution >= 0.6 is 11.5 Å². The Hall–Kier alpha value is -2.45. The molecule has 5 rings (SSSR count). The van der Waals surface area contributed by atoms with Crippen LogP contribution < -0.4 is 10.2 Å². The molecule has 140 valence electrons. The van der Waals surface area contributed by atoms with Crippen LogP contribution in [0.5, 0.6) is 0 Å². The number of fused-ring (bicyclic) bond motifs is 2. The lowest BCUT2D eigenvalue weighted by atomic mass is 10.2. The topological polar surface area (TPSA) is 66.3 Å². The smallest absolute Gasteiger partial charge is 0.274 e. The summed E-state index contributed by atoms with van der Waals surface area (Å²) in [4.78, 5) is 21.7. The first-order valence-corrected chi connectivity index (χ1v) is 10.2. The van der Waals surface area contributed by atoms with Gasteiger partial charge in [-0.25, -0.2) is 4.98 Å². The fourth-order valence-electron chi connectivity index (χ4n) is 3.86. The number of amides is 1. The maximum atomic E-state index is 12.9. The quantitative estimate of drug-likeness (QED) is 0.729. The monoisotopic (exact) mass is 382 g/mol. The lowest BCUT2D eigenvalue weighted by Crippen LogP contribution is -2.49. The van der Waals surface area contributed by atoms with Gasteiger partial charge in [-0.05, 0) is 23.7 Å². The highest BCUT2D eigenvalue weighted by atomic mass is 32.1. The molecule has 1 fully saturated rings. The van der Waals surface area contributed by atoms with Crippen LogP contribution in [0.4, 0.5) is 5.82 Å². The molecule has 1 aromatic carbocycles. The predicted molar refractivity (Wildman–Crippen MR) is 107 cm³/mol. The molecule has 0 saturated carbocycles. The lowest BCUT2D eigenvalue weighted by molar-refractivity contribution is 0.0741. The maximum absolute atomic E-state index is 12.9. The molecule has 0 aliphatic carbocycles. The zero-order valence-electron chi connectivity index (χ0n) is 15.1. The zero-order valence-corrected chi connectivity index (χ0v) is 15.9. The minimum Gasteiger partial charge on any atom is -0.352 e. The van der Waals surface area contributed by atoms with Crippen molar-refractivity contribution in [2.45, 2.75) is 13.0 Å². The molecule has 7 nitrogen and oxygen atoms in total. The molecule has 27 heavy (non-hydrogen) atoms. The van der Waals surface area contributed by atoms with Gasteiger partial charge in [0.15, 0.2) is 0 Å². The molecular formula is C19H22N6OS. The first kappa shape index (κ1) is 16.7. The SMILES string of the molecule is O=C(c1cn2c(n1)CCNCC2)N1CCN(c2nsc3ccccc23)CC1. The summed E-state index contributed by atoms with van der Waals surface area (Å²) in [5.74, 6) is 2.10. The molecule has 0 atom stereocenters. The van der Waals surface area contributed by atoms with Gasteiger partial charge in [0.2, 0.25) is 0 Å². The van der Waals surface area contributed by atoms with E-state index in [1.54, 1.807) is 0 Å². The maximum Gasteiger partial charge on any atom is 0.274 e. The summed E-state index contributed by atoms with van der Waals surface area (Å²) in [6, 6.07) is 8.33. The highest BCUT2D eigenvalue weighted by molar-refractivity contribution is 7.13. The van der Waals surface area contributed by atoms with Gasteiger partial charge in [0.25, 0.3) is 5.91 Å². The van der Waals surface area contributed by atoms with E-state index in [4.69, 9.17) is 0 Å². The number of carbonyl (C=O) groups excluding carboxylic acids is 1. The number of hydrogen-bond donors (Lipinski definition) is 1. The molecule has 0 bridgehead atoms. The number of imidazole rings is 1. The molecule has 1 N–H and O–H groups in total. The van der Waals surface area contributed by atoms with E-state index in [0.717, 1.165) is 50.8 Å². The van der Waals surface area contributed by atoms with Crippen LogP contribution in [0.25, 0.3) is 10.1 Å². The highest BCUT2D eigenvalue weighted by Crippen LogP contribution is 2.29. The summed E-state index contributed by atoms with van der Waals surface area (Å²) >= 11 is 1.54. The summed E-state index contributed by atoms with van der Waals surface area (Å²) in [5, 5.41) is 4.56. The van der Waals surface area contributed by atoms with E-state index in [-0.39, 0.29) is 5.91 Å². The molecule has 1 saturated heterocycles. The third kappa shape index (κ3) is 3.08. The number of hydrogen-bond acceptors (Lipinski definition) is 6. The Labute approximate surface area is 161 Å². The normalized spacial score (nSPS) is 17.8. The van der Waals surface area contributed by atoms with E-state index in [0.29, 0.717) is 18.8 Å². The van der Waals surface area contributed by atoms with Crippen molar-refractivity contribution in [3.8, 4) is 0 Å². The summed E-state index contributed by atoms with van der Waals surface area (Å²) < 4.78 is 7.97. The van der Waals surface area contributed by atoms with Crippen LogP contribution in [0.1, 0.15) is 16.3 Å². The number of benzene rings is 1. The molecule has 3 aromatic rings. The Morgan fingerprint density at radius 3 is 2.81 bits per heavy atom. The number of anilines is 1. The minimum atomic E-state index is 0.0475. The second-order valence-corrected chi connectivity index (χ2v) is 7.82. The fourth-order valence-corrected chi connectivity index (χ4v) is 4.65. The standard InChI is InChI=1S/C19H22N6OS/c26-19(15-13-25-8-7-20-6-5-17(25)21-15)24-11-9-23(10-12-24)18-14-3-1-2-4-16(14)27-22-18/h1-4,13,20H,5-12H2. The van der Waals surface area contributed by atoms with Gasteiger partial charge in [-0.1, -0.05) is 12.1 Å². The van der Waals surface area contributed by atoms with Crippen molar-refractivity contribution in [3.63, 3.8) is 0 Å². The minimum absolute atomic E-state index is 0.0475. The zero-order chi connectivity index (χ0) is 18.2. The van der Waals surface area contributed by atoms with Crippen molar-refractivity contribution in [3.05, 3.63) is 42.0 Å². The van der Waals surface area contributed by atoms with Crippen LogP contribution in [-0.2, 0) is 13.0 Å². The summed E-state index contributed by atoms with van der Waals surface area (Å²) in [6.07, 6.45) is 2.79.